The maximum atomic E-state index is 13.6. The Labute approximate surface area is 226 Å². The summed E-state index contributed by atoms with van der Waals surface area (Å²) in [7, 11) is 1.95. The number of carbonyl (C=O) groups excluding carboxylic acids is 2. The van der Waals surface area contributed by atoms with Gasteiger partial charge in [-0.15, -0.1) is 0 Å². The highest BCUT2D eigenvalue weighted by atomic mass is 16.4. The molecule has 0 aliphatic heterocycles. The fourth-order valence-corrected chi connectivity index (χ4v) is 4.70. The molecule has 3 amide bonds. The highest BCUT2D eigenvalue weighted by Gasteiger charge is 2.28. The van der Waals surface area contributed by atoms with Crippen LogP contribution in [0.5, 0.6) is 0 Å². The van der Waals surface area contributed by atoms with E-state index in [4.69, 9.17) is 0 Å². The first-order valence-corrected chi connectivity index (χ1v) is 12.9. The number of aromatic nitrogens is 3. The molecule has 2 aromatic heterocycles. The predicted molar refractivity (Wildman–Crippen MR) is 150 cm³/mol. The molecule has 0 saturated heterocycles. The summed E-state index contributed by atoms with van der Waals surface area (Å²) in [5.41, 5.74) is 2.92. The molecule has 2 heterocycles. The summed E-state index contributed by atoms with van der Waals surface area (Å²) >= 11 is 0. The van der Waals surface area contributed by atoms with Gasteiger partial charge in [0.05, 0.1) is 6.04 Å². The second-order valence-corrected chi connectivity index (χ2v) is 10.1. The molecule has 0 fully saturated rings. The van der Waals surface area contributed by atoms with E-state index in [0.717, 1.165) is 16.5 Å². The second-order valence-electron chi connectivity index (χ2n) is 10.1. The number of aromatic carboxylic acids is 1. The van der Waals surface area contributed by atoms with Crippen molar-refractivity contribution < 1.29 is 19.5 Å². The minimum Gasteiger partial charge on any atom is -0.476 e. The molecule has 0 radical (unpaired) electrons. The van der Waals surface area contributed by atoms with Crippen LogP contribution in [-0.4, -0.2) is 43.6 Å². The van der Waals surface area contributed by atoms with E-state index in [0.29, 0.717) is 30.0 Å². The molecule has 0 bridgehead atoms. The highest BCUT2D eigenvalue weighted by Crippen LogP contribution is 2.26. The molecule has 10 heteroatoms. The zero-order chi connectivity index (χ0) is 28.1. The summed E-state index contributed by atoms with van der Waals surface area (Å²) in [5, 5.41) is 19.2. The number of para-hydroxylation sites is 2. The number of rotatable bonds is 10. The first-order valence-electron chi connectivity index (χ1n) is 12.9. The van der Waals surface area contributed by atoms with E-state index in [-0.39, 0.29) is 17.5 Å². The second kappa shape index (κ2) is 11.8. The molecule has 0 aliphatic carbocycles. The number of nitrogens with zero attached hydrogens (tertiary/aromatic N) is 2. The number of amides is 3. The number of fused-ring (bicyclic) bond motifs is 1. The zero-order valence-electron chi connectivity index (χ0n) is 22.5. The maximum absolute atomic E-state index is 13.6. The van der Waals surface area contributed by atoms with Crippen molar-refractivity contribution >= 4 is 34.5 Å². The fourth-order valence-electron chi connectivity index (χ4n) is 4.70. The first kappa shape index (κ1) is 27.4. The van der Waals surface area contributed by atoms with Gasteiger partial charge in [-0.05, 0) is 43.0 Å². The van der Waals surface area contributed by atoms with Gasteiger partial charge in [0.1, 0.15) is 11.9 Å². The van der Waals surface area contributed by atoms with E-state index in [2.05, 4.69) is 25.9 Å². The Hall–Kier alpha value is -4.60. The third kappa shape index (κ3) is 6.64. The van der Waals surface area contributed by atoms with Gasteiger partial charge in [-0.25, -0.2) is 14.6 Å². The average molecular weight is 531 g/mol. The van der Waals surface area contributed by atoms with E-state index in [1.807, 2.05) is 74.1 Å². The molecule has 5 N–H and O–H groups in total. The molecule has 4 aromatic rings. The molecular weight excluding hydrogens is 496 g/mol. The van der Waals surface area contributed by atoms with E-state index >= 15 is 0 Å². The third-order valence-corrected chi connectivity index (χ3v) is 6.52. The zero-order valence-corrected chi connectivity index (χ0v) is 22.5. The van der Waals surface area contributed by atoms with Gasteiger partial charge in [-0.2, -0.15) is 0 Å². The number of hydrogen-bond acceptors (Lipinski definition) is 4. The minimum atomic E-state index is -1.15. The van der Waals surface area contributed by atoms with Crippen LogP contribution in [0.3, 0.4) is 0 Å². The number of imidazole rings is 1. The lowest BCUT2D eigenvalue weighted by molar-refractivity contribution is -0.124. The lowest BCUT2D eigenvalue weighted by Gasteiger charge is -2.24. The Morgan fingerprint density at radius 1 is 1.03 bits per heavy atom. The van der Waals surface area contributed by atoms with E-state index in [9.17, 15) is 19.5 Å². The van der Waals surface area contributed by atoms with Gasteiger partial charge in [0.2, 0.25) is 5.91 Å². The van der Waals surface area contributed by atoms with Crippen molar-refractivity contribution in [1.82, 2.24) is 25.2 Å². The molecule has 4 rings (SSSR count). The van der Waals surface area contributed by atoms with E-state index < -0.39 is 24.1 Å². The number of aromatic amines is 1. The number of carbonyl (C=O) groups is 3. The number of urea groups is 1. The topological polar surface area (TPSA) is 141 Å². The van der Waals surface area contributed by atoms with Crippen molar-refractivity contribution in [3.05, 3.63) is 83.6 Å². The first-order chi connectivity index (χ1) is 18.6. The Balaban J connectivity index is 1.61. The van der Waals surface area contributed by atoms with E-state index in [1.165, 1.54) is 0 Å². The van der Waals surface area contributed by atoms with Crippen LogP contribution in [-0.2, 0) is 18.3 Å². The summed E-state index contributed by atoms with van der Waals surface area (Å²) < 4.78 is 2.01. The Morgan fingerprint density at radius 3 is 2.38 bits per heavy atom. The number of hydrogen-bond donors (Lipinski definition) is 5. The fraction of sp³-hybridized carbons (Fsp3) is 0.310. The Morgan fingerprint density at radius 2 is 1.72 bits per heavy atom. The quantitative estimate of drug-likeness (QED) is 0.205. The molecular formula is C29H34N6O4. The van der Waals surface area contributed by atoms with Crippen LogP contribution in [0.25, 0.3) is 10.9 Å². The van der Waals surface area contributed by atoms with Crippen molar-refractivity contribution in [2.75, 3.05) is 5.32 Å². The van der Waals surface area contributed by atoms with Crippen molar-refractivity contribution in [2.24, 2.45) is 13.0 Å². The lowest BCUT2D eigenvalue weighted by atomic mass is 10.0. The molecule has 0 spiro atoms. The molecule has 0 saturated carbocycles. The lowest BCUT2D eigenvalue weighted by Crippen LogP contribution is -2.49. The average Bonchev–Trinajstić information content (AvgIpc) is 3.43. The SMILES string of the molecule is Cc1[nH]c([C@@H](Cc2cn(C)c3ccccc23)NC(=O)C(CC(C)C)NC(=O)Nc2ccccc2)nc1C(=O)O. The number of anilines is 1. The van der Waals surface area contributed by atoms with Gasteiger partial charge in [0.25, 0.3) is 0 Å². The van der Waals surface area contributed by atoms with E-state index in [1.54, 1.807) is 19.1 Å². The maximum Gasteiger partial charge on any atom is 0.356 e. The summed E-state index contributed by atoms with van der Waals surface area (Å²) in [4.78, 5) is 45.4. The van der Waals surface area contributed by atoms with Gasteiger partial charge >= 0.3 is 12.0 Å². The summed E-state index contributed by atoms with van der Waals surface area (Å²) in [5.74, 6) is -1.08. The van der Waals surface area contributed by atoms with Crippen LogP contribution in [0.4, 0.5) is 10.5 Å². The number of H-pyrrole nitrogens is 1. The predicted octanol–water partition coefficient (Wildman–Crippen LogP) is 4.54. The Bertz CT molecular complexity index is 1470. The summed E-state index contributed by atoms with van der Waals surface area (Å²) in [6.45, 7) is 5.58. The molecule has 2 atom stereocenters. The summed E-state index contributed by atoms with van der Waals surface area (Å²) in [6, 6.07) is 14.9. The van der Waals surface area contributed by atoms with Crippen LogP contribution in [0.2, 0.25) is 0 Å². The van der Waals surface area contributed by atoms with Crippen LogP contribution in [0.15, 0.2) is 60.8 Å². The summed E-state index contributed by atoms with van der Waals surface area (Å²) in [6.07, 6.45) is 2.77. The van der Waals surface area contributed by atoms with Gasteiger partial charge in [0, 0.05) is 41.9 Å². The van der Waals surface area contributed by atoms with Gasteiger partial charge in [0.15, 0.2) is 5.69 Å². The standard InChI is InChI=1S/C29H34N6O4/c1-17(2)14-23(33-29(39)31-20-10-6-5-7-11-20)27(36)32-22(26-30-18(3)25(34-26)28(37)38)15-19-16-35(4)24-13-9-8-12-21(19)24/h5-13,16-17,22-23H,14-15H2,1-4H3,(H,30,34)(H,32,36)(H,37,38)(H2,31,33,39)/t22-,23?/m1/s1. The van der Waals surface area contributed by atoms with Gasteiger partial charge in [-0.1, -0.05) is 50.2 Å². The van der Waals surface area contributed by atoms with Crippen molar-refractivity contribution in [1.29, 1.82) is 0 Å². The van der Waals surface area contributed by atoms with Crippen LogP contribution < -0.4 is 16.0 Å². The monoisotopic (exact) mass is 530 g/mol. The highest BCUT2D eigenvalue weighted by molar-refractivity contribution is 5.94. The van der Waals surface area contributed by atoms with Gasteiger partial charge < -0.3 is 30.6 Å². The molecule has 39 heavy (non-hydrogen) atoms. The molecule has 2 aromatic carbocycles. The number of aryl methyl sites for hydroxylation is 2. The third-order valence-electron chi connectivity index (χ3n) is 6.52. The number of nitrogens with one attached hydrogen (secondary N) is 4. The minimum absolute atomic E-state index is 0.0961. The molecule has 1 unspecified atom stereocenters. The Kier molecular flexibility index (Phi) is 8.33. The van der Waals surface area contributed by atoms with Crippen molar-refractivity contribution in [2.45, 2.75) is 45.7 Å². The molecule has 0 aliphatic rings. The normalized spacial score (nSPS) is 12.7. The van der Waals surface area contributed by atoms with Crippen LogP contribution in [0, 0.1) is 12.8 Å². The number of carboxylic acids is 1. The largest absolute Gasteiger partial charge is 0.476 e. The van der Waals surface area contributed by atoms with Crippen LogP contribution >= 0.6 is 0 Å². The number of benzene rings is 2. The smallest absolute Gasteiger partial charge is 0.356 e. The number of carboxylic acid groups (broad SMARTS) is 1. The molecule has 10 nitrogen and oxygen atoms in total. The van der Waals surface area contributed by atoms with Crippen molar-refractivity contribution in [3.63, 3.8) is 0 Å². The van der Waals surface area contributed by atoms with Gasteiger partial charge in [-0.3, -0.25) is 4.79 Å². The van der Waals surface area contributed by atoms with Crippen molar-refractivity contribution in [3.8, 4) is 0 Å². The molecule has 204 valence electrons. The van der Waals surface area contributed by atoms with Crippen LogP contribution in [0.1, 0.15) is 53.9 Å².